The van der Waals surface area contributed by atoms with Gasteiger partial charge in [-0.25, -0.2) is 0 Å². The summed E-state index contributed by atoms with van der Waals surface area (Å²) in [7, 11) is 2.12. The maximum absolute atomic E-state index is 12.5. The highest BCUT2D eigenvalue weighted by Crippen LogP contribution is 2.14. The van der Waals surface area contributed by atoms with E-state index in [1.165, 1.54) is 6.42 Å². The standard InChI is InChI=1S/C14H22N4O2/c1-16-4-2-3-5-18-12(11-16)10-13(15-18)14(19)17-6-8-20-9-7-17/h10H,2-9,11H2,1H3. The van der Waals surface area contributed by atoms with Gasteiger partial charge in [-0.3, -0.25) is 9.48 Å². The van der Waals surface area contributed by atoms with Crippen molar-refractivity contribution < 1.29 is 9.53 Å². The van der Waals surface area contributed by atoms with Gasteiger partial charge in [-0.15, -0.1) is 0 Å². The zero-order chi connectivity index (χ0) is 13.9. The maximum Gasteiger partial charge on any atom is 0.274 e. The Morgan fingerprint density at radius 3 is 2.75 bits per heavy atom. The highest BCUT2D eigenvalue weighted by Gasteiger charge is 2.23. The molecule has 1 aromatic heterocycles. The van der Waals surface area contributed by atoms with E-state index in [-0.39, 0.29) is 5.91 Å². The topological polar surface area (TPSA) is 50.6 Å². The fourth-order valence-corrected chi connectivity index (χ4v) is 2.81. The van der Waals surface area contributed by atoms with Crippen molar-refractivity contribution in [1.82, 2.24) is 19.6 Å². The molecule has 1 amide bonds. The number of aromatic nitrogens is 2. The molecule has 0 aliphatic carbocycles. The fourth-order valence-electron chi connectivity index (χ4n) is 2.81. The molecule has 1 aromatic rings. The van der Waals surface area contributed by atoms with Crippen molar-refractivity contribution in [3.8, 4) is 0 Å². The van der Waals surface area contributed by atoms with Gasteiger partial charge in [-0.1, -0.05) is 0 Å². The third kappa shape index (κ3) is 2.86. The normalized spacial score (nSPS) is 21.1. The van der Waals surface area contributed by atoms with E-state index in [0.717, 1.165) is 31.7 Å². The molecule has 0 bridgehead atoms. The first kappa shape index (κ1) is 13.6. The van der Waals surface area contributed by atoms with Crippen LogP contribution in [0.15, 0.2) is 6.07 Å². The summed E-state index contributed by atoms with van der Waals surface area (Å²) in [6.07, 6.45) is 2.30. The van der Waals surface area contributed by atoms with Gasteiger partial charge in [0, 0.05) is 26.2 Å². The molecule has 1 fully saturated rings. The molecule has 110 valence electrons. The van der Waals surface area contributed by atoms with Gasteiger partial charge >= 0.3 is 0 Å². The molecule has 6 nitrogen and oxygen atoms in total. The van der Waals surface area contributed by atoms with Gasteiger partial charge in [-0.05, 0) is 32.5 Å². The van der Waals surface area contributed by atoms with Crippen LogP contribution in [0.2, 0.25) is 0 Å². The number of amides is 1. The second-order valence-electron chi connectivity index (χ2n) is 5.59. The smallest absolute Gasteiger partial charge is 0.274 e. The number of morpholine rings is 1. The summed E-state index contributed by atoms with van der Waals surface area (Å²) < 4.78 is 7.29. The number of fused-ring (bicyclic) bond motifs is 1. The molecule has 0 saturated carbocycles. The van der Waals surface area contributed by atoms with E-state index in [1.807, 2.05) is 15.6 Å². The summed E-state index contributed by atoms with van der Waals surface area (Å²) in [6.45, 7) is 5.48. The monoisotopic (exact) mass is 278 g/mol. The molecule has 20 heavy (non-hydrogen) atoms. The lowest BCUT2D eigenvalue weighted by atomic mass is 10.2. The van der Waals surface area contributed by atoms with Crippen LogP contribution >= 0.6 is 0 Å². The minimum atomic E-state index is 0.0372. The van der Waals surface area contributed by atoms with E-state index in [1.54, 1.807) is 0 Å². The van der Waals surface area contributed by atoms with E-state index in [0.29, 0.717) is 32.0 Å². The van der Waals surface area contributed by atoms with Crippen LogP contribution in [-0.2, 0) is 17.8 Å². The first-order valence-electron chi connectivity index (χ1n) is 7.36. The molecular formula is C14H22N4O2. The number of carbonyl (C=O) groups is 1. The highest BCUT2D eigenvalue weighted by molar-refractivity contribution is 5.92. The van der Waals surface area contributed by atoms with Crippen LogP contribution in [0.5, 0.6) is 0 Å². The van der Waals surface area contributed by atoms with Gasteiger partial charge in [0.2, 0.25) is 0 Å². The van der Waals surface area contributed by atoms with E-state index in [9.17, 15) is 4.79 Å². The Balaban J connectivity index is 1.78. The summed E-state index contributed by atoms with van der Waals surface area (Å²) >= 11 is 0. The number of nitrogens with zero attached hydrogens (tertiary/aromatic N) is 4. The quantitative estimate of drug-likeness (QED) is 0.754. The molecule has 2 aliphatic rings. The van der Waals surface area contributed by atoms with E-state index in [2.05, 4.69) is 17.0 Å². The zero-order valence-electron chi connectivity index (χ0n) is 12.0. The van der Waals surface area contributed by atoms with Crippen molar-refractivity contribution in [2.45, 2.75) is 25.9 Å². The zero-order valence-corrected chi connectivity index (χ0v) is 12.0. The summed E-state index contributed by atoms with van der Waals surface area (Å²) in [6, 6.07) is 1.96. The van der Waals surface area contributed by atoms with Gasteiger partial charge in [0.15, 0.2) is 5.69 Å². The Morgan fingerprint density at radius 1 is 1.20 bits per heavy atom. The van der Waals surface area contributed by atoms with Crippen LogP contribution < -0.4 is 0 Å². The van der Waals surface area contributed by atoms with Crippen LogP contribution in [0.25, 0.3) is 0 Å². The summed E-state index contributed by atoms with van der Waals surface area (Å²) in [5.74, 6) is 0.0372. The third-order valence-corrected chi connectivity index (χ3v) is 3.97. The molecule has 0 unspecified atom stereocenters. The minimum absolute atomic E-state index is 0.0372. The van der Waals surface area contributed by atoms with Gasteiger partial charge in [-0.2, -0.15) is 5.10 Å². The number of carbonyl (C=O) groups excluding carboxylic acids is 1. The van der Waals surface area contributed by atoms with Crippen molar-refractivity contribution in [3.05, 3.63) is 17.5 Å². The number of rotatable bonds is 1. The van der Waals surface area contributed by atoms with Crippen molar-refractivity contribution in [2.24, 2.45) is 0 Å². The van der Waals surface area contributed by atoms with Crippen LogP contribution in [0.4, 0.5) is 0 Å². The average molecular weight is 278 g/mol. The molecule has 0 atom stereocenters. The Hall–Kier alpha value is -1.40. The molecule has 3 heterocycles. The molecule has 0 N–H and O–H groups in total. The SMILES string of the molecule is CN1CCCCn2nc(C(=O)N3CCOCC3)cc2C1. The Bertz CT molecular complexity index is 480. The summed E-state index contributed by atoms with van der Waals surface area (Å²) in [4.78, 5) is 16.6. The van der Waals surface area contributed by atoms with E-state index in [4.69, 9.17) is 4.74 Å². The molecule has 2 aliphatic heterocycles. The first-order valence-corrected chi connectivity index (χ1v) is 7.36. The number of aryl methyl sites for hydroxylation is 1. The van der Waals surface area contributed by atoms with Crippen molar-refractivity contribution in [3.63, 3.8) is 0 Å². The molecule has 1 saturated heterocycles. The molecule has 6 heteroatoms. The predicted octanol–water partition coefficient (Wildman–Crippen LogP) is 0.581. The van der Waals surface area contributed by atoms with E-state index >= 15 is 0 Å². The molecular weight excluding hydrogens is 256 g/mol. The van der Waals surface area contributed by atoms with Gasteiger partial charge in [0.25, 0.3) is 5.91 Å². The summed E-state index contributed by atoms with van der Waals surface area (Å²) in [5.41, 5.74) is 1.72. The van der Waals surface area contributed by atoms with Crippen molar-refractivity contribution in [1.29, 1.82) is 0 Å². The largest absolute Gasteiger partial charge is 0.378 e. The number of hydrogen-bond acceptors (Lipinski definition) is 4. The lowest BCUT2D eigenvalue weighted by molar-refractivity contribution is 0.0298. The van der Waals surface area contributed by atoms with Crippen LogP contribution in [0.3, 0.4) is 0 Å². The highest BCUT2D eigenvalue weighted by atomic mass is 16.5. The molecule has 3 rings (SSSR count). The molecule has 0 aromatic carbocycles. The van der Waals surface area contributed by atoms with Crippen LogP contribution in [0, 0.1) is 0 Å². The fraction of sp³-hybridized carbons (Fsp3) is 0.714. The lowest BCUT2D eigenvalue weighted by Crippen LogP contribution is -2.40. The Labute approximate surface area is 119 Å². The molecule has 0 radical (unpaired) electrons. The lowest BCUT2D eigenvalue weighted by Gasteiger charge is -2.25. The Kier molecular flexibility index (Phi) is 4.03. The van der Waals surface area contributed by atoms with Gasteiger partial charge < -0.3 is 14.5 Å². The average Bonchev–Trinajstić information content (AvgIpc) is 2.84. The van der Waals surface area contributed by atoms with Crippen LogP contribution in [-0.4, -0.2) is 65.4 Å². The number of hydrogen-bond donors (Lipinski definition) is 0. The second-order valence-corrected chi connectivity index (χ2v) is 5.59. The first-order chi connectivity index (χ1) is 9.74. The Morgan fingerprint density at radius 2 is 1.95 bits per heavy atom. The molecule has 0 spiro atoms. The maximum atomic E-state index is 12.5. The van der Waals surface area contributed by atoms with Crippen LogP contribution in [0.1, 0.15) is 29.0 Å². The van der Waals surface area contributed by atoms with E-state index < -0.39 is 0 Å². The predicted molar refractivity (Wildman–Crippen MR) is 74.5 cm³/mol. The summed E-state index contributed by atoms with van der Waals surface area (Å²) in [5, 5.41) is 4.52. The third-order valence-electron chi connectivity index (χ3n) is 3.97. The second kappa shape index (κ2) is 5.93. The van der Waals surface area contributed by atoms with Gasteiger partial charge in [0.1, 0.15) is 0 Å². The van der Waals surface area contributed by atoms with Gasteiger partial charge in [0.05, 0.1) is 18.9 Å². The van der Waals surface area contributed by atoms with Crippen molar-refractivity contribution >= 4 is 5.91 Å². The van der Waals surface area contributed by atoms with Crippen molar-refractivity contribution in [2.75, 3.05) is 39.9 Å². The minimum Gasteiger partial charge on any atom is -0.378 e. The number of ether oxygens (including phenoxy) is 1.